The Labute approximate surface area is 232 Å². The molecule has 6 nitrogen and oxygen atoms in total. The van der Waals surface area contributed by atoms with Crippen molar-refractivity contribution >= 4 is 57.4 Å². The SMILES string of the molecule is CC[C@H](C(=O)NC1CCCCC1)N(Cc1c(Cl)cccc1Cl)C(=O)CN1C(=O)c2cccc3cccc1c23. The van der Waals surface area contributed by atoms with Gasteiger partial charge in [0.1, 0.15) is 12.6 Å². The Bertz CT molecular complexity index is 1360. The molecule has 1 fully saturated rings. The van der Waals surface area contributed by atoms with E-state index in [9.17, 15) is 14.4 Å². The van der Waals surface area contributed by atoms with Gasteiger partial charge in [-0.15, -0.1) is 0 Å². The van der Waals surface area contributed by atoms with Crippen molar-refractivity contribution in [1.82, 2.24) is 10.2 Å². The van der Waals surface area contributed by atoms with Crippen LogP contribution in [0.15, 0.2) is 54.6 Å². The fourth-order valence-corrected chi connectivity index (χ4v) is 6.20. The van der Waals surface area contributed by atoms with Crippen LogP contribution in [0.1, 0.15) is 61.4 Å². The van der Waals surface area contributed by atoms with Crippen molar-refractivity contribution < 1.29 is 14.4 Å². The van der Waals surface area contributed by atoms with Crippen LogP contribution in [0, 0.1) is 0 Å². The number of hydrogen-bond donors (Lipinski definition) is 1. The summed E-state index contributed by atoms with van der Waals surface area (Å²) in [6.07, 6.45) is 5.65. The maximum atomic E-state index is 14.0. The first-order valence-corrected chi connectivity index (χ1v) is 14.0. The predicted molar refractivity (Wildman–Crippen MR) is 152 cm³/mol. The van der Waals surface area contributed by atoms with Gasteiger partial charge in [0.25, 0.3) is 5.91 Å². The molecular weight excluding hydrogens is 521 g/mol. The fourth-order valence-electron chi connectivity index (χ4n) is 5.68. The maximum absolute atomic E-state index is 14.0. The lowest BCUT2D eigenvalue weighted by Crippen LogP contribution is -2.53. The average Bonchev–Trinajstić information content (AvgIpc) is 3.18. The highest BCUT2D eigenvalue weighted by molar-refractivity contribution is 6.36. The van der Waals surface area contributed by atoms with Crippen LogP contribution in [0.3, 0.4) is 0 Å². The van der Waals surface area contributed by atoms with E-state index >= 15 is 0 Å². The Morgan fingerprint density at radius 2 is 1.66 bits per heavy atom. The fraction of sp³-hybridized carbons (Fsp3) is 0.367. The summed E-state index contributed by atoms with van der Waals surface area (Å²) < 4.78 is 0. The van der Waals surface area contributed by atoms with Crippen molar-refractivity contribution in [2.45, 2.75) is 64.1 Å². The van der Waals surface area contributed by atoms with Crippen LogP contribution in [0.4, 0.5) is 5.69 Å². The molecular formula is C30H31Cl2N3O3. The molecule has 0 spiro atoms. The van der Waals surface area contributed by atoms with E-state index in [-0.39, 0.29) is 36.9 Å². The van der Waals surface area contributed by atoms with Crippen LogP contribution in [0.25, 0.3) is 10.8 Å². The molecule has 2 aliphatic rings. The highest BCUT2D eigenvalue weighted by atomic mass is 35.5. The summed E-state index contributed by atoms with van der Waals surface area (Å²) >= 11 is 13.0. The molecule has 1 N–H and O–H groups in total. The van der Waals surface area contributed by atoms with Crippen molar-refractivity contribution in [1.29, 1.82) is 0 Å². The lowest BCUT2D eigenvalue weighted by Gasteiger charge is -2.34. The van der Waals surface area contributed by atoms with Crippen molar-refractivity contribution in [3.05, 3.63) is 75.8 Å². The third-order valence-corrected chi connectivity index (χ3v) is 8.38. The summed E-state index contributed by atoms with van der Waals surface area (Å²) in [5, 5.41) is 5.81. The molecule has 38 heavy (non-hydrogen) atoms. The van der Waals surface area contributed by atoms with Gasteiger partial charge in [0.2, 0.25) is 11.8 Å². The first-order chi connectivity index (χ1) is 18.4. The van der Waals surface area contributed by atoms with E-state index in [2.05, 4.69) is 5.32 Å². The van der Waals surface area contributed by atoms with Gasteiger partial charge in [-0.25, -0.2) is 0 Å². The summed E-state index contributed by atoms with van der Waals surface area (Å²) in [5.41, 5.74) is 1.85. The predicted octanol–water partition coefficient (Wildman–Crippen LogP) is 6.36. The molecule has 0 bridgehead atoms. The number of amides is 3. The number of rotatable bonds is 8. The van der Waals surface area contributed by atoms with E-state index in [4.69, 9.17) is 23.2 Å². The molecule has 0 unspecified atom stereocenters. The molecule has 1 aliphatic heterocycles. The summed E-state index contributed by atoms with van der Waals surface area (Å²) in [4.78, 5) is 43.9. The van der Waals surface area contributed by atoms with E-state index in [0.29, 0.717) is 33.3 Å². The highest BCUT2D eigenvalue weighted by Gasteiger charge is 2.36. The van der Waals surface area contributed by atoms with Crippen LogP contribution < -0.4 is 10.2 Å². The van der Waals surface area contributed by atoms with Crippen molar-refractivity contribution in [2.24, 2.45) is 0 Å². The number of carbonyl (C=O) groups is 3. The molecule has 3 aromatic rings. The molecule has 1 heterocycles. The molecule has 5 rings (SSSR count). The second kappa shape index (κ2) is 11.3. The lowest BCUT2D eigenvalue weighted by molar-refractivity contribution is -0.140. The minimum Gasteiger partial charge on any atom is -0.352 e. The highest BCUT2D eigenvalue weighted by Crippen LogP contribution is 2.37. The standard InChI is InChI=1S/C30H31Cl2N3O3/c1-2-25(29(37)33-20-11-4-3-5-12-20)34(17-22-23(31)14-8-15-24(22)32)27(36)18-35-26-16-7-10-19-9-6-13-21(28(19)26)30(35)38/h6-10,13-16,20,25H,2-5,11-12,17-18H2,1H3,(H,33,37)/t25-/m1/s1. The Balaban J connectivity index is 1.45. The number of anilines is 1. The van der Waals surface area contributed by atoms with Crippen molar-refractivity contribution in [3.63, 3.8) is 0 Å². The van der Waals surface area contributed by atoms with E-state index in [0.717, 1.165) is 36.5 Å². The molecule has 1 aliphatic carbocycles. The molecule has 3 aromatic carbocycles. The number of nitrogens with zero attached hydrogens (tertiary/aromatic N) is 2. The summed E-state index contributed by atoms with van der Waals surface area (Å²) in [6.45, 7) is 1.76. The van der Waals surface area contributed by atoms with Gasteiger partial charge in [-0.05, 0) is 48.9 Å². The van der Waals surface area contributed by atoms with Gasteiger partial charge in [-0.3, -0.25) is 19.3 Å². The van der Waals surface area contributed by atoms with Crippen LogP contribution in [0.2, 0.25) is 10.0 Å². The average molecular weight is 553 g/mol. The smallest absolute Gasteiger partial charge is 0.259 e. The zero-order valence-corrected chi connectivity index (χ0v) is 22.9. The van der Waals surface area contributed by atoms with Gasteiger partial charge < -0.3 is 10.2 Å². The van der Waals surface area contributed by atoms with Gasteiger partial charge >= 0.3 is 0 Å². The Hall–Kier alpha value is -3.09. The van der Waals surface area contributed by atoms with E-state index in [1.807, 2.05) is 37.3 Å². The molecule has 0 radical (unpaired) electrons. The zero-order valence-electron chi connectivity index (χ0n) is 21.4. The second-order valence-electron chi connectivity index (χ2n) is 10.1. The topological polar surface area (TPSA) is 69.7 Å². The third kappa shape index (κ3) is 5.12. The zero-order chi connectivity index (χ0) is 26.8. The number of nitrogens with one attached hydrogen (secondary N) is 1. The van der Waals surface area contributed by atoms with E-state index < -0.39 is 6.04 Å². The van der Waals surface area contributed by atoms with Gasteiger partial charge in [0.15, 0.2) is 0 Å². The monoisotopic (exact) mass is 551 g/mol. The molecule has 0 saturated heterocycles. The van der Waals surface area contributed by atoms with Crippen molar-refractivity contribution in [3.8, 4) is 0 Å². The van der Waals surface area contributed by atoms with E-state index in [1.54, 1.807) is 24.3 Å². The lowest BCUT2D eigenvalue weighted by atomic mass is 9.95. The maximum Gasteiger partial charge on any atom is 0.259 e. The molecule has 8 heteroatoms. The Kier molecular flexibility index (Phi) is 7.91. The van der Waals surface area contributed by atoms with Crippen LogP contribution >= 0.6 is 23.2 Å². The summed E-state index contributed by atoms with van der Waals surface area (Å²) in [5.74, 6) is -0.751. The first-order valence-electron chi connectivity index (χ1n) is 13.3. The van der Waals surface area contributed by atoms with Gasteiger partial charge in [0, 0.05) is 39.1 Å². The number of hydrogen-bond acceptors (Lipinski definition) is 3. The molecule has 198 valence electrons. The number of benzene rings is 3. The molecule has 1 saturated carbocycles. The Morgan fingerprint density at radius 3 is 2.34 bits per heavy atom. The van der Waals surface area contributed by atoms with Gasteiger partial charge in [0.05, 0.1) is 5.69 Å². The van der Waals surface area contributed by atoms with Crippen molar-refractivity contribution in [2.75, 3.05) is 11.4 Å². The summed E-state index contributed by atoms with van der Waals surface area (Å²) in [7, 11) is 0. The molecule has 1 atom stereocenters. The largest absolute Gasteiger partial charge is 0.352 e. The van der Waals surface area contributed by atoms with Crippen LogP contribution in [0.5, 0.6) is 0 Å². The number of halogens is 2. The van der Waals surface area contributed by atoms with E-state index in [1.165, 1.54) is 16.2 Å². The minimum absolute atomic E-state index is 0.0626. The number of carbonyl (C=O) groups excluding carboxylic acids is 3. The van der Waals surface area contributed by atoms with Gasteiger partial charge in [-0.2, -0.15) is 0 Å². The second-order valence-corrected chi connectivity index (χ2v) is 10.9. The molecule has 0 aromatic heterocycles. The normalized spacial score (nSPS) is 16.1. The summed E-state index contributed by atoms with van der Waals surface area (Å²) in [6, 6.07) is 15.8. The van der Waals surface area contributed by atoms with Crippen LogP contribution in [-0.2, 0) is 16.1 Å². The Morgan fingerprint density at radius 1 is 1.00 bits per heavy atom. The minimum atomic E-state index is -0.729. The van der Waals surface area contributed by atoms with Gasteiger partial charge in [-0.1, -0.05) is 79.7 Å². The first kappa shape index (κ1) is 26.5. The quantitative estimate of drug-likeness (QED) is 0.354. The molecule has 3 amide bonds. The third-order valence-electron chi connectivity index (χ3n) is 7.67. The van der Waals surface area contributed by atoms with Crippen LogP contribution in [-0.4, -0.2) is 41.2 Å².